The lowest BCUT2D eigenvalue weighted by molar-refractivity contribution is -0.139. The van der Waals surface area contributed by atoms with Gasteiger partial charge in [-0.3, -0.25) is 9.59 Å². The molecule has 7 heteroatoms. The fourth-order valence-electron chi connectivity index (χ4n) is 1.99. The van der Waals surface area contributed by atoms with Crippen LogP contribution >= 0.6 is 0 Å². The van der Waals surface area contributed by atoms with Crippen molar-refractivity contribution >= 4 is 18.0 Å². The van der Waals surface area contributed by atoms with Gasteiger partial charge < -0.3 is 14.8 Å². The normalized spacial score (nSPS) is 10.3. The smallest absolute Gasteiger partial charge is 0.329 e. The molecule has 0 fully saturated rings. The molecule has 2 N–H and O–H groups in total. The molecule has 0 saturated heterocycles. The van der Waals surface area contributed by atoms with Crippen LogP contribution in [0.1, 0.15) is 11.1 Å². The number of nitrogens with zero attached hydrogens (tertiary/aromatic N) is 1. The highest BCUT2D eigenvalue weighted by Gasteiger charge is 2.12. The number of nitrogens with one attached hydrogen (secondary N) is 2. The second-order valence-corrected chi connectivity index (χ2v) is 4.98. The Balaban J connectivity index is 1.88. The quantitative estimate of drug-likeness (QED) is 0.473. The second kappa shape index (κ2) is 9.07. The fraction of sp³-hybridized carbons (Fsp3) is 0.167. The van der Waals surface area contributed by atoms with Crippen molar-refractivity contribution in [1.29, 1.82) is 0 Å². The van der Waals surface area contributed by atoms with Gasteiger partial charge >= 0.3 is 11.8 Å². The molecular weight excluding hydrogens is 322 g/mol. The standard InChI is InChI=1S/C18H19N3O4/c1-24-15-9-8-14(16(10-15)25-2)12-20-21-18(23)17(22)19-11-13-6-4-3-5-7-13/h3-10,12H,11H2,1-2H3,(H,19,22)(H,21,23)/b20-12+. The molecule has 0 spiro atoms. The van der Waals surface area contributed by atoms with E-state index in [9.17, 15) is 9.59 Å². The van der Waals surface area contributed by atoms with Gasteiger partial charge in [-0.1, -0.05) is 30.3 Å². The first-order chi connectivity index (χ1) is 12.1. The lowest BCUT2D eigenvalue weighted by atomic mass is 10.2. The Bertz CT molecular complexity index is 760. The predicted octanol–water partition coefficient (Wildman–Crippen LogP) is 1.47. The van der Waals surface area contributed by atoms with Crippen molar-refractivity contribution < 1.29 is 19.1 Å². The molecule has 0 aliphatic carbocycles. The summed E-state index contributed by atoms with van der Waals surface area (Å²) in [6, 6.07) is 14.4. The predicted molar refractivity (Wildman–Crippen MR) is 93.6 cm³/mol. The summed E-state index contributed by atoms with van der Waals surface area (Å²) < 4.78 is 10.3. The third-order valence-electron chi connectivity index (χ3n) is 3.31. The number of hydrogen-bond acceptors (Lipinski definition) is 5. The van der Waals surface area contributed by atoms with Gasteiger partial charge in [0.15, 0.2) is 0 Å². The second-order valence-electron chi connectivity index (χ2n) is 4.98. The number of amides is 2. The van der Waals surface area contributed by atoms with Crippen molar-refractivity contribution in [2.24, 2.45) is 5.10 Å². The summed E-state index contributed by atoms with van der Waals surface area (Å²) in [5.41, 5.74) is 3.71. The molecule has 2 aromatic rings. The Labute approximate surface area is 145 Å². The number of hydrogen-bond donors (Lipinski definition) is 2. The monoisotopic (exact) mass is 341 g/mol. The molecule has 0 radical (unpaired) electrons. The SMILES string of the molecule is COc1ccc(/C=N/NC(=O)C(=O)NCc2ccccc2)c(OC)c1. The number of carbonyl (C=O) groups is 2. The number of methoxy groups -OCH3 is 2. The molecule has 130 valence electrons. The minimum absolute atomic E-state index is 0.267. The van der Waals surface area contributed by atoms with E-state index in [4.69, 9.17) is 9.47 Å². The Morgan fingerprint density at radius 3 is 2.48 bits per heavy atom. The fourth-order valence-corrected chi connectivity index (χ4v) is 1.99. The Morgan fingerprint density at radius 2 is 1.80 bits per heavy atom. The Hall–Kier alpha value is -3.35. The van der Waals surface area contributed by atoms with E-state index >= 15 is 0 Å². The minimum Gasteiger partial charge on any atom is -0.497 e. The highest BCUT2D eigenvalue weighted by Crippen LogP contribution is 2.22. The van der Waals surface area contributed by atoms with Crippen molar-refractivity contribution in [1.82, 2.24) is 10.7 Å². The van der Waals surface area contributed by atoms with Crippen LogP contribution in [0.2, 0.25) is 0 Å². The van der Waals surface area contributed by atoms with Gasteiger partial charge in [-0.15, -0.1) is 0 Å². The zero-order valence-electron chi connectivity index (χ0n) is 14.0. The summed E-state index contributed by atoms with van der Waals surface area (Å²) in [7, 11) is 3.07. The van der Waals surface area contributed by atoms with Gasteiger partial charge in [-0.2, -0.15) is 5.10 Å². The van der Waals surface area contributed by atoms with Crippen molar-refractivity contribution in [3.05, 3.63) is 59.7 Å². The van der Waals surface area contributed by atoms with E-state index < -0.39 is 11.8 Å². The van der Waals surface area contributed by atoms with Crippen LogP contribution in [0.3, 0.4) is 0 Å². The van der Waals surface area contributed by atoms with Crippen molar-refractivity contribution in [3.63, 3.8) is 0 Å². The molecule has 2 aromatic carbocycles. The maximum Gasteiger partial charge on any atom is 0.329 e. The summed E-state index contributed by atoms with van der Waals surface area (Å²) in [5, 5.41) is 6.29. The van der Waals surface area contributed by atoms with Crippen LogP contribution in [0.25, 0.3) is 0 Å². The van der Waals surface area contributed by atoms with Gasteiger partial charge in [-0.05, 0) is 17.7 Å². The van der Waals surface area contributed by atoms with Gasteiger partial charge in [0.05, 0.1) is 20.4 Å². The molecule has 25 heavy (non-hydrogen) atoms. The average molecular weight is 341 g/mol. The summed E-state index contributed by atoms with van der Waals surface area (Å²) in [6.07, 6.45) is 1.39. The topological polar surface area (TPSA) is 89.0 Å². The van der Waals surface area contributed by atoms with Crippen LogP contribution in [-0.4, -0.2) is 32.2 Å². The number of benzene rings is 2. The van der Waals surface area contributed by atoms with Crippen LogP contribution in [0, 0.1) is 0 Å². The minimum atomic E-state index is -0.848. The van der Waals surface area contributed by atoms with Crippen molar-refractivity contribution in [3.8, 4) is 11.5 Å². The number of ether oxygens (including phenoxy) is 2. The first-order valence-corrected chi connectivity index (χ1v) is 7.51. The van der Waals surface area contributed by atoms with Crippen LogP contribution in [0.4, 0.5) is 0 Å². The molecule has 0 saturated carbocycles. The molecule has 0 atom stereocenters. The maximum atomic E-state index is 11.7. The lowest BCUT2D eigenvalue weighted by Gasteiger charge is -2.07. The highest BCUT2D eigenvalue weighted by molar-refractivity contribution is 6.35. The molecule has 2 amide bonds. The van der Waals surface area contributed by atoms with Gasteiger partial charge in [0.1, 0.15) is 11.5 Å². The highest BCUT2D eigenvalue weighted by atomic mass is 16.5. The van der Waals surface area contributed by atoms with Crippen LogP contribution < -0.4 is 20.2 Å². The summed E-state index contributed by atoms with van der Waals surface area (Å²) in [5.74, 6) is -0.438. The van der Waals surface area contributed by atoms with E-state index in [0.29, 0.717) is 17.1 Å². The summed E-state index contributed by atoms with van der Waals surface area (Å²) in [4.78, 5) is 23.4. The van der Waals surface area contributed by atoms with Crippen molar-refractivity contribution in [2.45, 2.75) is 6.54 Å². The van der Waals surface area contributed by atoms with Gasteiger partial charge in [0.2, 0.25) is 0 Å². The van der Waals surface area contributed by atoms with E-state index in [1.54, 1.807) is 25.3 Å². The molecule has 0 aliphatic rings. The van der Waals surface area contributed by atoms with Crippen LogP contribution in [0.15, 0.2) is 53.6 Å². The number of hydrazone groups is 1. The summed E-state index contributed by atoms with van der Waals surface area (Å²) >= 11 is 0. The first kappa shape index (κ1) is 18.0. The van der Waals surface area contributed by atoms with E-state index in [-0.39, 0.29) is 6.54 Å². The third-order valence-corrected chi connectivity index (χ3v) is 3.31. The molecule has 0 heterocycles. The molecule has 7 nitrogen and oxygen atoms in total. The lowest BCUT2D eigenvalue weighted by Crippen LogP contribution is -2.37. The molecular formula is C18H19N3O4. The third kappa shape index (κ3) is 5.35. The average Bonchev–Trinajstić information content (AvgIpc) is 2.66. The zero-order chi connectivity index (χ0) is 18.1. The van der Waals surface area contributed by atoms with Crippen molar-refractivity contribution in [2.75, 3.05) is 14.2 Å². The number of carbonyl (C=O) groups excluding carboxylic acids is 2. The van der Waals surface area contributed by atoms with E-state index in [2.05, 4.69) is 15.8 Å². The van der Waals surface area contributed by atoms with Gasteiger partial charge in [0.25, 0.3) is 0 Å². The molecule has 0 unspecified atom stereocenters. The molecule has 0 aliphatic heterocycles. The Kier molecular flexibility index (Phi) is 6.53. The Morgan fingerprint density at radius 1 is 1.04 bits per heavy atom. The number of rotatable bonds is 6. The largest absolute Gasteiger partial charge is 0.497 e. The van der Waals surface area contributed by atoms with E-state index in [1.807, 2.05) is 30.3 Å². The molecule has 0 aromatic heterocycles. The zero-order valence-corrected chi connectivity index (χ0v) is 14.0. The van der Waals surface area contributed by atoms with Crippen LogP contribution in [0.5, 0.6) is 11.5 Å². The van der Waals surface area contributed by atoms with Gasteiger partial charge in [-0.25, -0.2) is 5.43 Å². The molecule has 0 bridgehead atoms. The van der Waals surface area contributed by atoms with E-state index in [1.165, 1.54) is 13.3 Å². The van der Waals surface area contributed by atoms with Crippen LogP contribution in [-0.2, 0) is 16.1 Å². The first-order valence-electron chi connectivity index (χ1n) is 7.51. The van der Waals surface area contributed by atoms with E-state index in [0.717, 1.165) is 5.56 Å². The molecule has 2 rings (SSSR count). The maximum absolute atomic E-state index is 11.7. The summed E-state index contributed by atoms with van der Waals surface area (Å²) in [6.45, 7) is 0.267. The van der Waals surface area contributed by atoms with Gasteiger partial charge in [0, 0.05) is 18.2 Å².